The van der Waals surface area contributed by atoms with E-state index in [1.807, 2.05) is 24.3 Å². The highest BCUT2D eigenvalue weighted by Crippen LogP contribution is 2.24. The van der Waals surface area contributed by atoms with Gasteiger partial charge in [-0.3, -0.25) is 0 Å². The Hall–Kier alpha value is -2.09. The summed E-state index contributed by atoms with van der Waals surface area (Å²) in [4.78, 5) is 11.2. The standard InChI is InChI=1S/C16H16O2/c1-2-6-12-7-5-8-13(11-12)14-9-3-4-10-15(14)16(17)18/h3-5,7-11H,2,6H2,1H3,(H,17,18). The molecule has 0 spiro atoms. The first kappa shape index (κ1) is 12.4. The predicted molar refractivity (Wildman–Crippen MR) is 72.8 cm³/mol. The fourth-order valence-corrected chi connectivity index (χ4v) is 2.10. The Labute approximate surface area is 107 Å². The molecule has 0 saturated heterocycles. The normalized spacial score (nSPS) is 10.3. The highest BCUT2D eigenvalue weighted by molar-refractivity contribution is 5.96. The molecule has 0 radical (unpaired) electrons. The van der Waals surface area contributed by atoms with Gasteiger partial charge >= 0.3 is 5.97 Å². The third-order valence-electron chi connectivity index (χ3n) is 2.93. The Morgan fingerprint density at radius 1 is 1.11 bits per heavy atom. The fraction of sp³-hybridized carbons (Fsp3) is 0.188. The molecule has 0 aliphatic heterocycles. The minimum atomic E-state index is -0.883. The number of carboxylic acids is 1. The van der Waals surface area contributed by atoms with Crippen LogP contribution in [0.1, 0.15) is 29.3 Å². The van der Waals surface area contributed by atoms with Crippen molar-refractivity contribution in [3.63, 3.8) is 0 Å². The van der Waals surface area contributed by atoms with Gasteiger partial charge in [-0.15, -0.1) is 0 Å². The lowest BCUT2D eigenvalue weighted by Crippen LogP contribution is -1.99. The number of carbonyl (C=O) groups is 1. The summed E-state index contributed by atoms with van der Waals surface area (Å²) in [6.07, 6.45) is 2.10. The minimum Gasteiger partial charge on any atom is -0.478 e. The van der Waals surface area contributed by atoms with E-state index in [1.54, 1.807) is 12.1 Å². The first-order chi connectivity index (χ1) is 8.72. The summed E-state index contributed by atoms with van der Waals surface area (Å²) >= 11 is 0. The molecule has 2 aromatic carbocycles. The molecule has 0 saturated carbocycles. The summed E-state index contributed by atoms with van der Waals surface area (Å²) in [6, 6.07) is 15.2. The van der Waals surface area contributed by atoms with Gasteiger partial charge in [-0.25, -0.2) is 4.79 Å². The Kier molecular flexibility index (Phi) is 3.78. The molecule has 0 bridgehead atoms. The molecule has 0 amide bonds. The fourth-order valence-electron chi connectivity index (χ4n) is 2.10. The number of aromatic carboxylic acids is 1. The van der Waals surface area contributed by atoms with Gasteiger partial charge in [0.2, 0.25) is 0 Å². The lowest BCUT2D eigenvalue weighted by atomic mass is 9.97. The first-order valence-corrected chi connectivity index (χ1v) is 6.14. The maximum Gasteiger partial charge on any atom is 0.336 e. The van der Waals surface area contributed by atoms with Crippen LogP contribution in [0, 0.1) is 0 Å². The summed E-state index contributed by atoms with van der Waals surface area (Å²) in [5.41, 5.74) is 3.35. The SMILES string of the molecule is CCCc1cccc(-c2ccccc2C(=O)O)c1. The van der Waals surface area contributed by atoms with Crippen LogP contribution < -0.4 is 0 Å². The van der Waals surface area contributed by atoms with Crippen LogP contribution in [0.25, 0.3) is 11.1 Å². The molecular formula is C16H16O2. The molecular weight excluding hydrogens is 224 g/mol. The molecule has 0 atom stereocenters. The first-order valence-electron chi connectivity index (χ1n) is 6.14. The van der Waals surface area contributed by atoms with Crippen molar-refractivity contribution in [2.24, 2.45) is 0 Å². The van der Waals surface area contributed by atoms with Crippen LogP contribution in [0.2, 0.25) is 0 Å². The zero-order valence-electron chi connectivity index (χ0n) is 10.4. The van der Waals surface area contributed by atoms with Crippen molar-refractivity contribution < 1.29 is 9.90 Å². The lowest BCUT2D eigenvalue weighted by molar-refractivity contribution is 0.0697. The number of rotatable bonds is 4. The van der Waals surface area contributed by atoms with Gasteiger partial charge in [0.1, 0.15) is 0 Å². The molecule has 18 heavy (non-hydrogen) atoms. The van der Waals surface area contributed by atoms with Crippen molar-refractivity contribution in [1.82, 2.24) is 0 Å². The Morgan fingerprint density at radius 2 is 1.89 bits per heavy atom. The predicted octanol–water partition coefficient (Wildman–Crippen LogP) is 4.00. The van der Waals surface area contributed by atoms with Crippen LogP contribution in [-0.4, -0.2) is 11.1 Å². The van der Waals surface area contributed by atoms with Crippen LogP contribution in [0.3, 0.4) is 0 Å². The van der Waals surface area contributed by atoms with Gasteiger partial charge in [-0.05, 0) is 29.2 Å². The molecule has 2 rings (SSSR count). The Morgan fingerprint density at radius 3 is 2.61 bits per heavy atom. The van der Waals surface area contributed by atoms with Crippen molar-refractivity contribution in [3.05, 3.63) is 59.7 Å². The number of benzene rings is 2. The van der Waals surface area contributed by atoms with Crippen LogP contribution in [0.5, 0.6) is 0 Å². The summed E-state index contributed by atoms with van der Waals surface area (Å²) in [7, 11) is 0. The smallest absolute Gasteiger partial charge is 0.336 e. The second-order valence-corrected chi connectivity index (χ2v) is 4.30. The Bertz CT molecular complexity index is 559. The summed E-state index contributed by atoms with van der Waals surface area (Å²) in [5.74, 6) is -0.883. The van der Waals surface area contributed by atoms with Gasteiger partial charge in [0.15, 0.2) is 0 Å². The van der Waals surface area contributed by atoms with E-state index in [1.165, 1.54) is 5.56 Å². The van der Waals surface area contributed by atoms with Crippen molar-refractivity contribution in [2.45, 2.75) is 19.8 Å². The molecule has 0 aliphatic rings. The molecule has 2 nitrogen and oxygen atoms in total. The van der Waals surface area contributed by atoms with Gasteiger partial charge in [0, 0.05) is 0 Å². The van der Waals surface area contributed by atoms with Gasteiger partial charge in [-0.2, -0.15) is 0 Å². The van der Waals surface area contributed by atoms with Crippen molar-refractivity contribution >= 4 is 5.97 Å². The molecule has 2 heteroatoms. The quantitative estimate of drug-likeness (QED) is 0.876. The van der Waals surface area contributed by atoms with E-state index >= 15 is 0 Å². The van der Waals surface area contributed by atoms with E-state index in [4.69, 9.17) is 0 Å². The molecule has 2 aromatic rings. The number of hydrogen-bond acceptors (Lipinski definition) is 1. The molecule has 92 valence electrons. The van der Waals surface area contributed by atoms with Crippen molar-refractivity contribution in [2.75, 3.05) is 0 Å². The second-order valence-electron chi connectivity index (χ2n) is 4.30. The third kappa shape index (κ3) is 2.59. The average Bonchev–Trinajstić information content (AvgIpc) is 2.39. The van der Waals surface area contributed by atoms with Gasteiger partial charge in [0.25, 0.3) is 0 Å². The minimum absolute atomic E-state index is 0.353. The topological polar surface area (TPSA) is 37.3 Å². The van der Waals surface area contributed by atoms with Crippen LogP contribution in [0.4, 0.5) is 0 Å². The average molecular weight is 240 g/mol. The molecule has 0 unspecified atom stereocenters. The lowest BCUT2D eigenvalue weighted by Gasteiger charge is -2.08. The maximum absolute atomic E-state index is 11.2. The zero-order chi connectivity index (χ0) is 13.0. The van der Waals surface area contributed by atoms with Gasteiger partial charge < -0.3 is 5.11 Å². The third-order valence-corrected chi connectivity index (χ3v) is 2.93. The number of carboxylic acid groups (broad SMARTS) is 1. The highest BCUT2D eigenvalue weighted by Gasteiger charge is 2.10. The van der Waals surface area contributed by atoms with Crippen LogP contribution >= 0.6 is 0 Å². The van der Waals surface area contributed by atoms with E-state index < -0.39 is 5.97 Å². The van der Waals surface area contributed by atoms with Crippen LogP contribution in [0.15, 0.2) is 48.5 Å². The monoisotopic (exact) mass is 240 g/mol. The van der Waals surface area contributed by atoms with Crippen molar-refractivity contribution in [3.8, 4) is 11.1 Å². The Balaban J connectivity index is 2.48. The molecule has 0 aromatic heterocycles. The summed E-state index contributed by atoms with van der Waals surface area (Å²) < 4.78 is 0. The van der Waals surface area contributed by atoms with E-state index in [2.05, 4.69) is 19.1 Å². The highest BCUT2D eigenvalue weighted by atomic mass is 16.4. The maximum atomic E-state index is 11.2. The van der Waals surface area contributed by atoms with E-state index in [0.29, 0.717) is 5.56 Å². The van der Waals surface area contributed by atoms with E-state index in [9.17, 15) is 9.90 Å². The van der Waals surface area contributed by atoms with Gasteiger partial charge in [0.05, 0.1) is 5.56 Å². The van der Waals surface area contributed by atoms with E-state index in [0.717, 1.165) is 24.0 Å². The number of hydrogen-bond donors (Lipinski definition) is 1. The van der Waals surface area contributed by atoms with E-state index in [-0.39, 0.29) is 0 Å². The number of aryl methyl sites for hydroxylation is 1. The van der Waals surface area contributed by atoms with Crippen LogP contribution in [-0.2, 0) is 6.42 Å². The second kappa shape index (κ2) is 5.50. The van der Waals surface area contributed by atoms with Gasteiger partial charge in [-0.1, -0.05) is 55.8 Å². The molecule has 0 fully saturated rings. The zero-order valence-corrected chi connectivity index (χ0v) is 10.4. The van der Waals surface area contributed by atoms with Crippen molar-refractivity contribution in [1.29, 1.82) is 0 Å². The largest absolute Gasteiger partial charge is 0.478 e. The summed E-state index contributed by atoms with van der Waals surface area (Å²) in [5, 5.41) is 9.20. The summed E-state index contributed by atoms with van der Waals surface area (Å²) in [6.45, 7) is 2.14. The molecule has 0 heterocycles. The molecule has 1 N–H and O–H groups in total. The molecule has 0 aliphatic carbocycles.